The Kier molecular flexibility index (Phi) is 11.8. The van der Waals surface area contributed by atoms with Crippen LogP contribution in [0.3, 0.4) is 0 Å². The van der Waals surface area contributed by atoms with Crippen LogP contribution in [0.15, 0.2) is 0 Å². The first-order valence-corrected chi connectivity index (χ1v) is 18.4. The summed E-state index contributed by atoms with van der Waals surface area (Å²) < 4.78 is 0. The fourth-order valence-electron chi connectivity index (χ4n) is 1.31. The molecule has 1 rings (SSSR count). The van der Waals surface area contributed by atoms with Crippen molar-refractivity contribution in [2.24, 2.45) is 0 Å². The molecule has 0 unspecified atom stereocenters. The average molecular weight is 496 g/mol. The average Bonchev–Trinajstić information content (AvgIpc) is 1.91. The van der Waals surface area contributed by atoms with Gasteiger partial charge in [0, 0.05) is 10.2 Å². The summed E-state index contributed by atoms with van der Waals surface area (Å²) in [7, 11) is 1.45. The maximum Gasteiger partial charge on any atom is 0.00672 e. The van der Waals surface area contributed by atoms with Gasteiger partial charge in [0.1, 0.15) is 0 Å². The first-order valence-electron chi connectivity index (χ1n) is 3.70. The summed E-state index contributed by atoms with van der Waals surface area (Å²) in [6, 6.07) is 0. The van der Waals surface area contributed by atoms with Gasteiger partial charge in [-0.1, -0.05) is 37.6 Å². The van der Waals surface area contributed by atoms with Crippen LogP contribution in [-0.4, -0.2) is 10.2 Å². The molecule has 1 aliphatic rings. The van der Waals surface area contributed by atoms with E-state index in [-0.39, 0.29) is 0 Å². The molecule has 0 amide bonds. The second-order valence-electron chi connectivity index (χ2n) is 2.80. The van der Waals surface area contributed by atoms with Gasteiger partial charge in [-0.15, -0.1) is 0 Å². The molecule has 0 saturated heterocycles. The summed E-state index contributed by atoms with van der Waals surface area (Å²) in [6.45, 7) is 0. The molecule has 0 aliphatic heterocycles. The third-order valence-electron chi connectivity index (χ3n) is 1.89. The Morgan fingerprint density at radius 1 is 1.10 bits per heavy atom. The summed E-state index contributed by atoms with van der Waals surface area (Å²) in [4.78, 5) is 0. The van der Waals surface area contributed by atoms with Crippen molar-refractivity contribution in [3.05, 3.63) is 0 Å². The van der Waals surface area contributed by atoms with Crippen LogP contribution in [-0.2, 0) is 0 Å². The van der Waals surface area contributed by atoms with Gasteiger partial charge in [0.05, 0.1) is 0 Å². The Bertz CT molecular complexity index is 64.0. The summed E-state index contributed by atoms with van der Waals surface area (Å²) in [6.07, 6.45) is 7.65. The molecule has 0 bridgehead atoms. The number of rotatable bonds is 0. The zero-order valence-electron chi connectivity index (χ0n) is 6.28. The standard InChI is InChI=1S/C6H14Si.HI3/c7-6-4-2-1-3-5-6;1-3-2/h6H,1-5H2,7H3;3H. The molecule has 0 spiro atoms. The van der Waals surface area contributed by atoms with Gasteiger partial charge in [0.2, 0.25) is 0 Å². The van der Waals surface area contributed by atoms with Gasteiger partial charge in [-0.2, -0.15) is 0 Å². The number of hydrogen-bond donors (Lipinski definition) is 0. The number of hydrogen-bond acceptors (Lipinski definition) is 0. The smallest absolute Gasteiger partial charge is 0.00672 e. The zero-order valence-corrected chi connectivity index (χ0v) is 14.9. The topological polar surface area (TPSA) is 0 Å². The van der Waals surface area contributed by atoms with Crippen LogP contribution in [0.1, 0.15) is 32.1 Å². The van der Waals surface area contributed by atoms with E-state index in [0.29, 0.717) is 13.3 Å². The van der Waals surface area contributed by atoms with Crippen LogP contribution < -0.4 is 0 Å². The van der Waals surface area contributed by atoms with Crippen molar-refractivity contribution in [3.63, 3.8) is 0 Å². The molecule has 0 atom stereocenters. The summed E-state index contributed by atoms with van der Waals surface area (Å²) in [5, 5.41) is 0. The van der Waals surface area contributed by atoms with Crippen molar-refractivity contribution in [1.82, 2.24) is 0 Å². The minimum Gasteiger partial charge on any atom is -0.0546 e. The predicted molar refractivity (Wildman–Crippen MR) is 80.2 cm³/mol. The number of halogens is 3. The van der Waals surface area contributed by atoms with Gasteiger partial charge in [0.25, 0.3) is 0 Å². The van der Waals surface area contributed by atoms with Gasteiger partial charge >= 0.3 is 50.5 Å². The minimum atomic E-state index is 0.410. The quantitative estimate of drug-likeness (QED) is 0.356. The molecular weight excluding hydrogens is 481 g/mol. The van der Waals surface area contributed by atoms with E-state index < -0.39 is 0 Å². The van der Waals surface area contributed by atoms with Crippen molar-refractivity contribution in [2.45, 2.75) is 37.6 Å². The van der Waals surface area contributed by atoms with Gasteiger partial charge in [0.15, 0.2) is 0 Å². The van der Waals surface area contributed by atoms with E-state index in [1.165, 1.54) is 35.0 Å². The molecule has 1 aliphatic carbocycles. The third kappa shape index (κ3) is 8.50. The molecule has 0 radical (unpaired) electrons. The van der Waals surface area contributed by atoms with E-state index in [1.54, 1.807) is 12.8 Å². The zero-order chi connectivity index (χ0) is 7.82. The second-order valence-corrected chi connectivity index (χ2v) is 22.0. The Labute approximate surface area is 96.7 Å². The van der Waals surface area contributed by atoms with E-state index in [9.17, 15) is 0 Å². The SMILES string of the molecule is I[IH]I.[SiH3]C1CCCCC1. The van der Waals surface area contributed by atoms with Crippen LogP contribution in [0, 0.1) is 0 Å². The van der Waals surface area contributed by atoms with Crippen molar-refractivity contribution in [3.8, 4) is 0 Å². The minimum absolute atomic E-state index is 0.410. The molecule has 10 heavy (non-hydrogen) atoms. The molecule has 0 aromatic heterocycles. The van der Waals surface area contributed by atoms with Crippen molar-refractivity contribution >= 4 is 60.7 Å². The van der Waals surface area contributed by atoms with E-state index in [2.05, 4.69) is 37.2 Å². The molecule has 4 heteroatoms. The Morgan fingerprint density at radius 2 is 1.50 bits per heavy atom. The van der Waals surface area contributed by atoms with Crippen LogP contribution in [0.5, 0.6) is 0 Å². The Hall–Kier alpha value is 2.41. The molecular formula is C6H15I3Si. The molecule has 64 valence electrons. The van der Waals surface area contributed by atoms with E-state index in [1.807, 2.05) is 0 Å². The van der Waals surface area contributed by atoms with Gasteiger partial charge in [-0.25, -0.2) is 0 Å². The molecule has 0 aromatic rings. The van der Waals surface area contributed by atoms with Gasteiger partial charge < -0.3 is 0 Å². The van der Waals surface area contributed by atoms with Gasteiger partial charge in [-0.05, 0) is 0 Å². The largest absolute Gasteiger partial charge is 0.0546 e. The summed E-state index contributed by atoms with van der Waals surface area (Å²) in [5.74, 6) is 0. The molecule has 0 heterocycles. The maximum atomic E-state index is 2.41. The normalized spacial score (nSPS) is 20.2. The van der Waals surface area contributed by atoms with Crippen molar-refractivity contribution in [2.75, 3.05) is 0 Å². The molecule has 1 saturated carbocycles. The van der Waals surface area contributed by atoms with Crippen LogP contribution in [0.4, 0.5) is 0 Å². The molecule has 1 fully saturated rings. The fraction of sp³-hybridized carbons (Fsp3) is 1.00. The summed E-state index contributed by atoms with van der Waals surface area (Å²) >= 11 is 5.22. The first kappa shape index (κ1) is 12.4. The second kappa shape index (κ2) is 9.49. The molecule has 0 nitrogen and oxygen atoms in total. The predicted octanol–water partition coefficient (Wildman–Crippen LogP) is 3.49. The monoisotopic (exact) mass is 496 g/mol. The van der Waals surface area contributed by atoms with E-state index >= 15 is 0 Å². The first-order chi connectivity index (χ1) is 4.81. The van der Waals surface area contributed by atoms with Crippen LogP contribution >= 0.6 is 50.5 Å². The Morgan fingerprint density at radius 3 is 1.70 bits per heavy atom. The Balaban J connectivity index is 0.000000236. The van der Waals surface area contributed by atoms with Crippen molar-refractivity contribution in [1.29, 1.82) is 0 Å². The van der Waals surface area contributed by atoms with E-state index in [4.69, 9.17) is 0 Å². The van der Waals surface area contributed by atoms with E-state index in [0.717, 1.165) is 0 Å². The molecule has 0 N–H and O–H groups in total. The fourth-order valence-corrected chi connectivity index (χ4v) is 2.12. The van der Waals surface area contributed by atoms with Crippen LogP contribution in [0.2, 0.25) is 5.54 Å². The maximum absolute atomic E-state index is 2.41. The molecule has 0 aromatic carbocycles. The summed E-state index contributed by atoms with van der Waals surface area (Å²) in [5.41, 5.74) is 1.17. The van der Waals surface area contributed by atoms with Gasteiger partial charge in [-0.3, -0.25) is 0 Å². The van der Waals surface area contributed by atoms with Crippen molar-refractivity contribution < 1.29 is 0 Å². The third-order valence-corrected chi connectivity index (χ3v) is 3.05. The van der Waals surface area contributed by atoms with Crippen LogP contribution in [0.25, 0.3) is 0 Å².